The fraction of sp³-hybridized carbons (Fsp3) is 0.765. The van der Waals surface area contributed by atoms with Crippen molar-refractivity contribution in [3.05, 3.63) is 9.47 Å². The highest BCUT2D eigenvalue weighted by atomic mass is 79.9. The highest BCUT2D eigenvalue weighted by Crippen LogP contribution is 2.43. The summed E-state index contributed by atoms with van der Waals surface area (Å²) in [6, 6.07) is 3.89. The van der Waals surface area contributed by atoms with Gasteiger partial charge in [-0.25, -0.2) is 0 Å². The normalized spacial score (nSPS) is 26.6. The van der Waals surface area contributed by atoms with Gasteiger partial charge in [-0.05, 0) is 75.7 Å². The van der Waals surface area contributed by atoms with E-state index in [1.165, 1.54) is 43.8 Å². The van der Waals surface area contributed by atoms with Crippen molar-refractivity contribution in [2.24, 2.45) is 11.3 Å². The molecule has 1 aliphatic rings. The molecule has 1 rings (SSSR count). The number of hydrogen-bond donors (Lipinski definition) is 0. The van der Waals surface area contributed by atoms with Gasteiger partial charge >= 0.3 is 0 Å². The largest absolute Gasteiger partial charge is 0.137 e. The van der Waals surface area contributed by atoms with Crippen LogP contribution in [0.2, 0.25) is 18.1 Å². The summed E-state index contributed by atoms with van der Waals surface area (Å²) in [5, 5.41) is 0. The third-order valence-electron chi connectivity index (χ3n) is 5.25. The van der Waals surface area contributed by atoms with E-state index in [2.05, 4.69) is 77.1 Å². The molecule has 0 bridgehead atoms. The van der Waals surface area contributed by atoms with E-state index < -0.39 is 8.07 Å². The molecule has 0 N–H and O–H groups in total. The molecule has 1 fully saturated rings. The minimum Gasteiger partial charge on any atom is -0.131 e. The molecule has 0 unspecified atom stereocenters. The van der Waals surface area contributed by atoms with Crippen LogP contribution in [0.4, 0.5) is 0 Å². The molecule has 20 heavy (non-hydrogen) atoms. The summed E-state index contributed by atoms with van der Waals surface area (Å²) in [6.07, 6.45) is 7.50. The highest BCUT2D eigenvalue weighted by Gasteiger charge is 2.35. The van der Waals surface area contributed by atoms with Crippen molar-refractivity contribution in [2.45, 2.75) is 71.5 Å². The van der Waals surface area contributed by atoms with Crippen LogP contribution < -0.4 is 0 Å². The molecule has 114 valence electrons. The van der Waals surface area contributed by atoms with Crippen molar-refractivity contribution >= 4 is 39.9 Å². The van der Waals surface area contributed by atoms with Gasteiger partial charge in [-0.2, -0.15) is 0 Å². The molecule has 0 saturated heterocycles. The molecule has 0 spiro atoms. The third kappa shape index (κ3) is 4.75. The number of allylic oxidation sites excluding steroid dienone is 1. The lowest BCUT2D eigenvalue weighted by molar-refractivity contribution is 0.227. The van der Waals surface area contributed by atoms with Crippen LogP contribution in [0, 0.1) is 22.8 Å². The Bertz CT molecular complexity index is 389. The van der Waals surface area contributed by atoms with Crippen LogP contribution in [0.1, 0.15) is 53.4 Å². The van der Waals surface area contributed by atoms with E-state index in [9.17, 15) is 0 Å². The second-order valence-electron chi connectivity index (χ2n) is 6.32. The summed E-state index contributed by atoms with van der Waals surface area (Å²) in [4.78, 5) is 0. The molecule has 0 aromatic rings. The van der Waals surface area contributed by atoms with Crippen molar-refractivity contribution in [3.63, 3.8) is 0 Å². The molecule has 1 saturated carbocycles. The van der Waals surface area contributed by atoms with Crippen LogP contribution >= 0.6 is 31.9 Å². The summed E-state index contributed by atoms with van der Waals surface area (Å²) < 4.78 is 1.08. The smallest absolute Gasteiger partial charge is 0.131 e. The molecule has 0 amide bonds. The predicted octanol–water partition coefficient (Wildman–Crippen LogP) is 6.87. The maximum absolute atomic E-state index is 3.82. The minimum atomic E-state index is -1.32. The van der Waals surface area contributed by atoms with E-state index in [1.807, 2.05) is 0 Å². The summed E-state index contributed by atoms with van der Waals surface area (Å²) in [5.74, 6) is 4.35. The van der Waals surface area contributed by atoms with Crippen LogP contribution in [0.3, 0.4) is 0 Å². The van der Waals surface area contributed by atoms with Crippen LogP contribution in [0.15, 0.2) is 9.47 Å². The Hall–Kier alpha value is 0.477. The molecule has 3 heteroatoms. The van der Waals surface area contributed by atoms with Gasteiger partial charge in [0.05, 0.1) is 3.39 Å². The Morgan fingerprint density at radius 1 is 1.20 bits per heavy atom. The van der Waals surface area contributed by atoms with E-state index >= 15 is 0 Å². The highest BCUT2D eigenvalue weighted by molar-refractivity contribution is 9.28. The fourth-order valence-corrected chi connectivity index (χ4v) is 6.44. The molecule has 2 atom stereocenters. The number of halogens is 2. The predicted molar refractivity (Wildman–Crippen MR) is 101 cm³/mol. The molecule has 0 nitrogen and oxygen atoms in total. The maximum atomic E-state index is 3.82. The van der Waals surface area contributed by atoms with E-state index in [4.69, 9.17) is 0 Å². The van der Waals surface area contributed by atoms with Crippen LogP contribution in [-0.2, 0) is 0 Å². The minimum absolute atomic E-state index is 0.169. The van der Waals surface area contributed by atoms with Crippen molar-refractivity contribution in [1.29, 1.82) is 0 Å². The Morgan fingerprint density at radius 2 is 1.80 bits per heavy atom. The van der Waals surface area contributed by atoms with Gasteiger partial charge in [0, 0.05) is 5.41 Å². The van der Waals surface area contributed by atoms with E-state index in [0.29, 0.717) is 5.92 Å². The monoisotopic (exact) mass is 418 g/mol. The first kappa shape index (κ1) is 18.5. The van der Waals surface area contributed by atoms with Gasteiger partial charge in [0.1, 0.15) is 8.07 Å². The Labute approximate surface area is 143 Å². The van der Waals surface area contributed by atoms with Crippen molar-refractivity contribution in [2.75, 3.05) is 0 Å². The van der Waals surface area contributed by atoms with Gasteiger partial charge < -0.3 is 0 Å². The molecule has 0 aliphatic heterocycles. The topological polar surface area (TPSA) is 0 Å². The molecule has 0 aromatic carbocycles. The first-order valence-electron chi connectivity index (χ1n) is 7.98. The zero-order valence-electron chi connectivity index (χ0n) is 13.4. The molecule has 1 aliphatic carbocycles. The van der Waals surface area contributed by atoms with Crippen molar-refractivity contribution in [1.82, 2.24) is 0 Å². The second-order valence-corrected chi connectivity index (χ2v) is 14.0. The maximum Gasteiger partial charge on any atom is 0.137 e. The van der Waals surface area contributed by atoms with Crippen LogP contribution in [-0.4, -0.2) is 8.07 Å². The first-order chi connectivity index (χ1) is 9.41. The van der Waals surface area contributed by atoms with E-state index in [-0.39, 0.29) is 5.41 Å². The summed E-state index contributed by atoms with van der Waals surface area (Å²) >= 11 is 7.06. The summed E-state index contributed by atoms with van der Waals surface area (Å²) in [7, 11) is -1.32. The van der Waals surface area contributed by atoms with Gasteiger partial charge in [0.15, 0.2) is 0 Å². The van der Waals surface area contributed by atoms with Crippen molar-refractivity contribution in [3.8, 4) is 11.5 Å². The number of rotatable bonds is 4. The van der Waals surface area contributed by atoms with E-state index in [0.717, 1.165) is 3.39 Å². The Morgan fingerprint density at radius 3 is 2.30 bits per heavy atom. The molecular weight excluding hydrogens is 392 g/mol. The Balaban J connectivity index is 3.04. The zero-order chi connectivity index (χ0) is 15.2. The quantitative estimate of drug-likeness (QED) is 0.344. The fourth-order valence-electron chi connectivity index (χ4n) is 3.23. The zero-order valence-corrected chi connectivity index (χ0v) is 17.5. The average molecular weight is 420 g/mol. The molecule has 0 heterocycles. The molecule has 0 radical (unpaired) electrons. The lowest BCUT2D eigenvalue weighted by atomic mass is 9.68. The van der Waals surface area contributed by atoms with Gasteiger partial charge in [-0.1, -0.05) is 39.7 Å². The number of hydrogen-bond acceptors (Lipinski definition) is 0. The van der Waals surface area contributed by atoms with Crippen molar-refractivity contribution < 1.29 is 0 Å². The lowest BCUT2D eigenvalue weighted by Gasteiger charge is -2.36. The van der Waals surface area contributed by atoms with Gasteiger partial charge in [-0.3, -0.25) is 0 Å². The molecule has 0 aromatic heterocycles. The van der Waals surface area contributed by atoms with E-state index in [1.54, 1.807) is 0 Å². The second kappa shape index (κ2) is 8.20. The standard InChI is InChI=1S/C17H28Br2Si/c1-5-20(6-2,7-3)13-12-17(4)11-9-8-10-15(17)14-16(18)19/h14-15H,5-11H2,1-4H3/t15-,17+/m1/s1. The van der Waals surface area contributed by atoms with Crippen LogP contribution in [0.25, 0.3) is 0 Å². The third-order valence-corrected chi connectivity index (χ3v) is 10.5. The van der Waals surface area contributed by atoms with Crippen LogP contribution in [0.5, 0.6) is 0 Å². The summed E-state index contributed by atoms with van der Waals surface area (Å²) in [5.41, 5.74) is 3.99. The SMILES string of the molecule is CC[Si](C#C[C@]1(C)CCCC[C@@H]1C=C(Br)Br)(CC)CC. The molecular formula is C17H28Br2Si. The van der Waals surface area contributed by atoms with Gasteiger partial charge in [0.25, 0.3) is 0 Å². The van der Waals surface area contributed by atoms with Gasteiger partial charge in [-0.15, -0.1) is 11.5 Å². The average Bonchev–Trinajstić information content (AvgIpc) is 2.43. The van der Waals surface area contributed by atoms with Gasteiger partial charge in [0.2, 0.25) is 0 Å². The lowest BCUT2D eigenvalue weighted by Crippen LogP contribution is -2.33. The first-order valence-corrected chi connectivity index (χ1v) is 12.2. The summed E-state index contributed by atoms with van der Waals surface area (Å²) in [6.45, 7) is 9.39. The Kier molecular flexibility index (Phi) is 7.60.